The van der Waals surface area contributed by atoms with E-state index in [-0.39, 0.29) is 5.92 Å². The van der Waals surface area contributed by atoms with Gasteiger partial charge >= 0.3 is 0 Å². The molecule has 1 unspecified atom stereocenters. The molecule has 116 valence electrons. The van der Waals surface area contributed by atoms with Crippen LogP contribution in [0.3, 0.4) is 0 Å². The molecule has 0 aromatic carbocycles. The van der Waals surface area contributed by atoms with Gasteiger partial charge in [0.1, 0.15) is 0 Å². The van der Waals surface area contributed by atoms with Gasteiger partial charge in [-0.3, -0.25) is 9.69 Å². The number of aryl methyl sites for hydroxylation is 1. The van der Waals surface area contributed by atoms with Gasteiger partial charge in [0.15, 0.2) is 0 Å². The maximum Gasteiger partial charge on any atom is 0.226 e. The van der Waals surface area contributed by atoms with Crippen LogP contribution in [0.25, 0.3) is 0 Å². The molecule has 0 bridgehead atoms. The lowest BCUT2D eigenvalue weighted by molar-refractivity contribution is -0.138. The summed E-state index contributed by atoms with van der Waals surface area (Å²) in [7, 11) is 0. The monoisotopic (exact) mass is 307 g/mol. The lowest BCUT2D eigenvalue weighted by Crippen LogP contribution is -2.46. The van der Waals surface area contributed by atoms with Crippen LogP contribution in [0.4, 0.5) is 0 Å². The quantitative estimate of drug-likeness (QED) is 0.861. The van der Waals surface area contributed by atoms with Gasteiger partial charge in [-0.2, -0.15) is 0 Å². The van der Waals surface area contributed by atoms with Crippen molar-refractivity contribution in [2.45, 2.75) is 45.6 Å². The first kappa shape index (κ1) is 15.0. The molecular weight excluding hydrogens is 282 g/mol. The summed E-state index contributed by atoms with van der Waals surface area (Å²) in [6, 6.07) is 0. The number of aromatic nitrogens is 1. The molecule has 0 saturated carbocycles. The molecule has 0 spiro atoms. The standard InChI is InChI=1S/C16H25N3OS/c1-13-17-15(12-21-13)11-18-7-5-6-14(10-18)16(20)19-8-3-2-4-9-19/h12,14H,2-11H2,1H3. The molecule has 1 amide bonds. The fraction of sp³-hybridized carbons (Fsp3) is 0.750. The Kier molecular flexibility index (Phi) is 4.91. The van der Waals surface area contributed by atoms with E-state index in [9.17, 15) is 4.79 Å². The minimum atomic E-state index is 0.205. The third-order valence-corrected chi connectivity index (χ3v) is 5.40. The molecule has 2 aliphatic rings. The van der Waals surface area contributed by atoms with Crippen LogP contribution in [0.2, 0.25) is 0 Å². The third-order valence-electron chi connectivity index (χ3n) is 4.57. The molecule has 3 heterocycles. The van der Waals surface area contributed by atoms with E-state index in [0.29, 0.717) is 5.91 Å². The van der Waals surface area contributed by atoms with Gasteiger partial charge in [0, 0.05) is 31.6 Å². The molecule has 1 atom stereocenters. The molecule has 2 fully saturated rings. The van der Waals surface area contributed by atoms with Crippen molar-refractivity contribution in [3.05, 3.63) is 16.1 Å². The van der Waals surface area contributed by atoms with Crippen LogP contribution < -0.4 is 0 Å². The maximum atomic E-state index is 12.6. The molecule has 4 nitrogen and oxygen atoms in total. The van der Waals surface area contributed by atoms with E-state index >= 15 is 0 Å². The Balaban J connectivity index is 1.56. The van der Waals surface area contributed by atoms with E-state index < -0.39 is 0 Å². The third kappa shape index (κ3) is 3.83. The molecule has 2 saturated heterocycles. The fourth-order valence-electron chi connectivity index (χ4n) is 3.48. The predicted molar refractivity (Wildman–Crippen MR) is 85.3 cm³/mol. The summed E-state index contributed by atoms with van der Waals surface area (Å²) in [6.07, 6.45) is 5.83. The van der Waals surface area contributed by atoms with Gasteiger partial charge in [-0.25, -0.2) is 4.98 Å². The molecule has 0 N–H and O–H groups in total. The zero-order chi connectivity index (χ0) is 14.7. The normalized spacial score (nSPS) is 24.2. The number of carbonyl (C=O) groups excluding carboxylic acids is 1. The van der Waals surface area contributed by atoms with Crippen LogP contribution in [-0.2, 0) is 11.3 Å². The van der Waals surface area contributed by atoms with Crippen molar-refractivity contribution in [3.63, 3.8) is 0 Å². The molecule has 2 aliphatic heterocycles. The predicted octanol–water partition coefficient (Wildman–Crippen LogP) is 2.68. The number of likely N-dealkylation sites (tertiary alicyclic amines) is 2. The maximum absolute atomic E-state index is 12.6. The van der Waals surface area contributed by atoms with E-state index in [1.165, 1.54) is 19.3 Å². The molecule has 5 heteroatoms. The first-order valence-electron chi connectivity index (χ1n) is 8.14. The first-order chi connectivity index (χ1) is 10.2. The Bertz CT molecular complexity index is 482. The van der Waals surface area contributed by atoms with E-state index in [0.717, 1.165) is 56.3 Å². The van der Waals surface area contributed by atoms with Crippen molar-refractivity contribution in [1.82, 2.24) is 14.8 Å². The number of hydrogen-bond acceptors (Lipinski definition) is 4. The minimum absolute atomic E-state index is 0.205. The van der Waals surface area contributed by atoms with Gasteiger partial charge < -0.3 is 4.90 Å². The van der Waals surface area contributed by atoms with Crippen molar-refractivity contribution in [2.75, 3.05) is 26.2 Å². The molecule has 1 aromatic rings. The fourth-order valence-corrected chi connectivity index (χ4v) is 4.09. The van der Waals surface area contributed by atoms with Gasteiger partial charge in [0.05, 0.1) is 16.6 Å². The van der Waals surface area contributed by atoms with Crippen LogP contribution in [-0.4, -0.2) is 46.9 Å². The van der Waals surface area contributed by atoms with Crippen LogP contribution in [0.5, 0.6) is 0 Å². The Hall–Kier alpha value is -0.940. The van der Waals surface area contributed by atoms with Crippen LogP contribution in [0.1, 0.15) is 42.8 Å². The zero-order valence-electron chi connectivity index (χ0n) is 12.9. The number of amides is 1. The highest BCUT2D eigenvalue weighted by molar-refractivity contribution is 7.09. The molecule has 0 aliphatic carbocycles. The summed E-state index contributed by atoms with van der Waals surface area (Å²) in [5.74, 6) is 0.602. The summed E-state index contributed by atoms with van der Waals surface area (Å²) in [4.78, 5) is 21.7. The second kappa shape index (κ2) is 6.88. The van der Waals surface area contributed by atoms with Gasteiger partial charge in [0.25, 0.3) is 0 Å². The second-order valence-corrected chi connectivity index (χ2v) is 7.38. The molecule has 21 heavy (non-hydrogen) atoms. The molecule has 0 radical (unpaired) electrons. The molecule has 1 aromatic heterocycles. The Labute approximate surface area is 131 Å². The number of rotatable bonds is 3. The van der Waals surface area contributed by atoms with Crippen molar-refractivity contribution >= 4 is 17.2 Å². The van der Waals surface area contributed by atoms with E-state index in [1.54, 1.807) is 11.3 Å². The number of piperidine rings is 2. The van der Waals surface area contributed by atoms with Crippen molar-refractivity contribution in [2.24, 2.45) is 5.92 Å². The van der Waals surface area contributed by atoms with E-state index in [1.807, 2.05) is 6.92 Å². The van der Waals surface area contributed by atoms with Crippen molar-refractivity contribution in [3.8, 4) is 0 Å². The topological polar surface area (TPSA) is 36.4 Å². The first-order valence-corrected chi connectivity index (χ1v) is 9.02. The highest BCUT2D eigenvalue weighted by Crippen LogP contribution is 2.22. The highest BCUT2D eigenvalue weighted by Gasteiger charge is 2.29. The highest BCUT2D eigenvalue weighted by atomic mass is 32.1. The van der Waals surface area contributed by atoms with Crippen LogP contribution in [0.15, 0.2) is 5.38 Å². The number of carbonyl (C=O) groups is 1. The lowest BCUT2D eigenvalue weighted by atomic mass is 9.95. The lowest BCUT2D eigenvalue weighted by Gasteiger charge is -2.36. The van der Waals surface area contributed by atoms with Crippen molar-refractivity contribution < 1.29 is 4.79 Å². The largest absolute Gasteiger partial charge is 0.342 e. The van der Waals surface area contributed by atoms with Gasteiger partial charge in [0.2, 0.25) is 5.91 Å². The van der Waals surface area contributed by atoms with Gasteiger partial charge in [-0.1, -0.05) is 0 Å². The summed E-state index contributed by atoms with van der Waals surface area (Å²) in [5.41, 5.74) is 1.16. The second-order valence-electron chi connectivity index (χ2n) is 6.32. The van der Waals surface area contributed by atoms with Gasteiger partial charge in [-0.15, -0.1) is 11.3 Å². The molecule has 3 rings (SSSR count). The van der Waals surface area contributed by atoms with Crippen LogP contribution >= 0.6 is 11.3 Å². The number of thiazole rings is 1. The average Bonchev–Trinajstić information content (AvgIpc) is 2.93. The van der Waals surface area contributed by atoms with Crippen molar-refractivity contribution in [1.29, 1.82) is 0 Å². The van der Waals surface area contributed by atoms with E-state index in [4.69, 9.17) is 0 Å². The number of hydrogen-bond donors (Lipinski definition) is 0. The van der Waals surface area contributed by atoms with E-state index in [2.05, 4.69) is 20.2 Å². The Morgan fingerprint density at radius 1 is 1.29 bits per heavy atom. The molecular formula is C16H25N3OS. The van der Waals surface area contributed by atoms with Crippen LogP contribution in [0, 0.1) is 12.8 Å². The summed E-state index contributed by atoms with van der Waals surface area (Å²) >= 11 is 1.71. The number of nitrogens with zero attached hydrogens (tertiary/aromatic N) is 3. The van der Waals surface area contributed by atoms with Gasteiger partial charge in [-0.05, 0) is 45.6 Å². The Morgan fingerprint density at radius 3 is 2.81 bits per heavy atom. The average molecular weight is 307 g/mol. The minimum Gasteiger partial charge on any atom is -0.342 e. The summed E-state index contributed by atoms with van der Waals surface area (Å²) in [6.45, 7) is 6.90. The zero-order valence-corrected chi connectivity index (χ0v) is 13.7. The summed E-state index contributed by atoms with van der Waals surface area (Å²) < 4.78 is 0. The summed E-state index contributed by atoms with van der Waals surface area (Å²) in [5, 5.41) is 3.27. The smallest absolute Gasteiger partial charge is 0.226 e. The Morgan fingerprint density at radius 2 is 2.10 bits per heavy atom. The SMILES string of the molecule is Cc1nc(CN2CCCC(C(=O)N3CCCCC3)C2)cs1.